The number of aliphatic hydroxyl groups is 1. The molecule has 0 bridgehead atoms. The Bertz CT molecular complexity index is 132. The molecule has 0 saturated heterocycles. The normalized spacial score (nSPS) is 26.6. The summed E-state index contributed by atoms with van der Waals surface area (Å²) < 4.78 is 0. The van der Waals surface area contributed by atoms with Gasteiger partial charge in [0.15, 0.2) is 0 Å². The lowest BCUT2D eigenvalue weighted by Crippen LogP contribution is -2.42. The van der Waals surface area contributed by atoms with Gasteiger partial charge in [-0.25, -0.2) is 4.79 Å². The van der Waals surface area contributed by atoms with Crippen LogP contribution in [0.5, 0.6) is 0 Å². The molecule has 0 spiro atoms. The molecule has 1 aliphatic rings. The molecule has 0 aromatic rings. The maximum atomic E-state index is 10.2. The van der Waals surface area contributed by atoms with Crippen LogP contribution >= 0.6 is 0 Å². The van der Waals surface area contributed by atoms with Crippen molar-refractivity contribution >= 4 is 6.03 Å². The van der Waals surface area contributed by atoms with Crippen molar-refractivity contribution < 1.29 is 9.90 Å². The predicted molar refractivity (Wildman–Crippen MR) is 26.8 cm³/mol. The first-order valence-corrected chi connectivity index (χ1v) is 2.21. The van der Waals surface area contributed by atoms with Crippen molar-refractivity contribution in [3.8, 4) is 0 Å². The Morgan fingerprint density at radius 2 is 2.50 bits per heavy atom. The van der Waals surface area contributed by atoms with E-state index in [2.05, 4.69) is 10.6 Å². The third-order valence-corrected chi connectivity index (χ3v) is 0.772. The van der Waals surface area contributed by atoms with Gasteiger partial charge >= 0.3 is 6.03 Å². The fourth-order valence-corrected chi connectivity index (χ4v) is 0.439. The van der Waals surface area contributed by atoms with Gasteiger partial charge in [0.25, 0.3) is 0 Å². The molecule has 0 aliphatic carbocycles. The molecule has 0 unspecified atom stereocenters. The fourth-order valence-electron chi connectivity index (χ4n) is 0.439. The molecule has 4 heteroatoms. The molecule has 0 fully saturated rings. The molecule has 1 rings (SSSR count). The van der Waals surface area contributed by atoms with Gasteiger partial charge in [-0.05, 0) is 6.08 Å². The Morgan fingerprint density at radius 3 is 2.88 bits per heavy atom. The van der Waals surface area contributed by atoms with Gasteiger partial charge in [-0.1, -0.05) is 0 Å². The van der Waals surface area contributed by atoms with Crippen LogP contribution in [0, 0.1) is 0 Å². The summed E-state index contributed by atoms with van der Waals surface area (Å²) in [5.74, 6) is 0. The Hall–Kier alpha value is -1.03. The van der Waals surface area contributed by atoms with E-state index in [1.807, 2.05) is 0 Å². The van der Waals surface area contributed by atoms with E-state index in [4.69, 9.17) is 5.11 Å². The molecule has 2 amide bonds. The van der Waals surface area contributed by atoms with Gasteiger partial charge in [0, 0.05) is 6.20 Å². The first-order chi connectivity index (χ1) is 3.79. The highest BCUT2D eigenvalue weighted by atomic mass is 16.3. The highest BCUT2D eigenvalue weighted by Crippen LogP contribution is 1.84. The Kier molecular flexibility index (Phi) is 1.17. The van der Waals surface area contributed by atoms with E-state index in [1.54, 1.807) is 0 Å². The smallest absolute Gasteiger partial charge is 0.321 e. The van der Waals surface area contributed by atoms with Gasteiger partial charge < -0.3 is 15.7 Å². The van der Waals surface area contributed by atoms with Crippen molar-refractivity contribution in [1.29, 1.82) is 0 Å². The van der Waals surface area contributed by atoms with E-state index in [0.717, 1.165) is 0 Å². The molecular formula is C4H6N2O2. The lowest BCUT2D eigenvalue weighted by Gasteiger charge is -2.12. The van der Waals surface area contributed by atoms with Gasteiger partial charge in [-0.3, -0.25) is 0 Å². The summed E-state index contributed by atoms with van der Waals surface area (Å²) in [6, 6.07) is -0.375. The van der Waals surface area contributed by atoms with E-state index >= 15 is 0 Å². The van der Waals surface area contributed by atoms with Crippen molar-refractivity contribution in [2.45, 2.75) is 6.23 Å². The van der Waals surface area contributed by atoms with Gasteiger partial charge in [0.2, 0.25) is 0 Å². The largest absolute Gasteiger partial charge is 0.370 e. The number of amides is 2. The average Bonchev–Trinajstić information content (AvgIpc) is 1.64. The van der Waals surface area contributed by atoms with E-state index in [9.17, 15) is 4.79 Å². The van der Waals surface area contributed by atoms with Crippen molar-refractivity contribution in [3.63, 3.8) is 0 Å². The molecule has 1 atom stereocenters. The number of urea groups is 1. The maximum absolute atomic E-state index is 10.2. The van der Waals surface area contributed by atoms with Crippen LogP contribution in [0.25, 0.3) is 0 Å². The van der Waals surface area contributed by atoms with Crippen LogP contribution < -0.4 is 10.6 Å². The summed E-state index contributed by atoms with van der Waals surface area (Å²) >= 11 is 0. The van der Waals surface area contributed by atoms with Crippen molar-refractivity contribution in [1.82, 2.24) is 10.6 Å². The molecule has 0 aromatic heterocycles. The second kappa shape index (κ2) is 1.83. The minimum Gasteiger partial charge on any atom is -0.370 e. The molecule has 4 nitrogen and oxygen atoms in total. The van der Waals surface area contributed by atoms with E-state index < -0.39 is 6.23 Å². The lowest BCUT2D eigenvalue weighted by molar-refractivity contribution is 0.175. The molecule has 1 aliphatic heterocycles. The molecule has 0 aromatic carbocycles. The van der Waals surface area contributed by atoms with Crippen LogP contribution in [0.3, 0.4) is 0 Å². The van der Waals surface area contributed by atoms with E-state index in [0.29, 0.717) is 0 Å². The molecule has 3 N–H and O–H groups in total. The van der Waals surface area contributed by atoms with Crippen LogP contribution in [0.2, 0.25) is 0 Å². The third kappa shape index (κ3) is 0.974. The molecule has 0 saturated carbocycles. The SMILES string of the molecule is O=C1NC=C[C@H](O)N1. The number of carbonyl (C=O) groups excluding carboxylic acids is 1. The summed E-state index contributed by atoms with van der Waals surface area (Å²) in [5, 5.41) is 13.1. The van der Waals surface area contributed by atoms with E-state index in [1.165, 1.54) is 12.3 Å². The summed E-state index contributed by atoms with van der Waals surface area (Å²) in [7, 11) is 0. The standard InChI is InChI=1S/C4H6N2O2/c7-3-1-2-5-4(8)6-3/h1-3,7H,(H2,5,6,8)/t3-/m0/s1. The van der Waals surface area contributed by atoms with Crippen LogP contribution in [0.1, 0.15) is 0 Å². The highest BCUT2D eigenvalue weighted by molar-refractivity contribution is 5.76. The Morgan fingerprint density at radius 1 is 1.75 bits per heavy atom. The third-order valence-electron chi connectivity index (χ3n) is 0.772. The van der Waals surface area contributed by atoms with Crippen molar-refractivity contribution in [2.24, 2.45) is 0 Å². The summed E-state index contributed by atoms with van der Waals surface area (Å²) in [4.78, 5) is 10.2. The number of rotatable bonds is 0. The van der Waals surface area contributed by atoms with Crippen LogP contribution in [0.15, 0.2) is 12.3 Å². The topological polar surface area (TPSA) is 61.4 Å². The second-order valence-corrected chi connectivity index (χ2v) is 1.42. The van der Waals surface area contributed by atoms with Crippen molar-refractivity contribution in [2.75, 3.05) is 0 Å². The van der Waals surface area contributed by atoms with Crippen LogP contribution in [-0.4, -0.2) is 17.4 Å². The molecule has 44 valence electrons. The lowest BCUT2D eigenvalue weighted by atomic mass is 10.5. The summed E-state index contributed by atoms with van der Waals surface area (Å²) in [6.07, 6.45) is 1.99. The fraction of sp³-hybridized carbons (Fsp3) is 0.250. The number of hydrogen-bond acceptors (Lipinski definition) is 2. The maximum Gasteiger partial charge on any atom is 0.321 e. The minimum absolute atomic E-state index is 0.375. The molecule has 1 heterocycles. The first-order valence-electron chi connectivity index (χ1n) is 2.21. The van der Waals surface area contributed by atoms with E-state index in [-0.39, 0.29) is 6.03 Å². The first kappa shape index (κ1) is 5.11. The van der Waals surface area contributed by atoms with Gasteiger partial charge in [-0.15, -0.1) is 0 Å². The van der Waals surface area contributed by atoms with Crippen LogP contribution in [0.4, 0.5) is 4.79 Å². The van der Waals surface area contributed by atoms with Gasteiger partial charge in [0.05, 0.1) is 0 Å². The number of hydrogen-bond donors (Lipinski definition) is 3. The average molecular weight is 114 g/mol. The molecule has 0 radical (unpaired) electrons. The zero-order valence-electron chi connectivity index (χ0n) is 4.09. The van der Waals surface area contributed by atoms with Gasteiger partial charge in [0.1, 0.15) is 6.23 Å². The van der Waals surface area contributed by atoms with Gasteiger partial charge in [-0.2, -0.15) is 0 Å². The Labute approximate surface area is 46.2 Å². The van der Waals surface area contributed by atoms with Crippen LogP contribution in [-0.2, 0) is 0 Å². The summed E-state index contributed by atoms with van der Waals surface area (Å²) in [6.45, 7) is 0. The molecule has 8 heavy (non-hydrogen) atoms. The van der Waals surface area contributed by atoms with Crippen molar-refractivity contribution in [3.05, 3.63) is 12.3 Å². The minimum atomic E-state index is -0.830. The molecular weight excluding hydrogens is 108 g/mol. The zero-order valence-corrected chi connectivity index (χ0v) is 4.09. The number of nitrogens with one attached hydrogen (secondary N) is 2. The number of carbonyl (C=O) groups is 1. The Balaban J connectivity index is 2.54. The highest BCUT2D eigenvalue weighted by Gasteiger charge is 2.06. The predicted octanol–water partition coefficient (Wildman–Crippen LogP) is -0.869. The monoisotopic (exact) mass is 114 g/mol. The zero-order chi connectivity index (χ0) is 5.98. The quantitative estimate of drug-likeness (QED) is 0.383. The summed E-state index contributed by atoms with van der Waals surface area (Å²) in [5.41, 5.74) is 0. The number of aliphatic hydroxyl groups excluding tert-OH is 1. The second-order valence-electron chi connectivity index (χ2n) is 1.42.